The lowest BCUT2D eigenvalue weighted by atomic mass is 10.1. The van der Waals surface area contributed by atoms with Crippen LogP contribution in [0.4, 0.5) is 0 Å². The molecule has 0 N–H and O–H groups in total. The highest BCUT2D eigenvalue weighted by Crippen LogP contribution is 2.30. The van der Waals surface area contributed by atoms with Crippen LogP contribution >= 0.6 is 0 Å². The van der Waals surface area contributed by atoms with Gasteiger partial charge < -0.3 is 19.1 Å². The molecule has 152 valence electrons. The maximum atomic E-state index is 13.3. The van der Waals surface area contributed by atoms with E-state index in [4.69, 9.17) is 9.26 Å². The van der Waals surface area contributed by atoms with Crippen LogP contribution in [0.25, 0.3) is 22.2 Å². The maximum Gasteiger partial charge on any atom is 0.254 e. The number of fused-ring (bicyclic) bond motifs is 1. The number of benzene rings is 2. The summed E-state index contributed by atoms with van der Waals surface area (Å²) in [4.78, 5) is 17.5. The number of likely N-dealkylation sites (N-methyl/N-ethyl adjacent to an activating group) is 1. The molecule has 1 amide bonds. The number of methoxy groups -OCH3 is 1. The van der Waals surface area contributed by atoms with Crippen molar-refractivity contribution in [2.75, 3.05) is 40.4 Å². The molecule has 0 aliphatic carbocycles. The van der Waals surface area contributed by atoms with Crippen LogP contribution in [-0.4, -0.2) is 67.3 Å². The van der Waals surface area contributed by atoms with Crippen LogP contribution in [0.3, 0.4) is 0 Å². The first kappa shape index (κ1) is 19.6. The number of likely N-dealkylation sites (tertiary alicyclic amines) is 1. The summed E-state index contributed by atoms with van der Waals surface area (Å²) in [5, 5.41) is 5.03. The predicted octanol–water partition coefficient (Wildman–Crippen LogP) is 3.68. The van der Waals surface area contributed by atoms with Gasteiger partial charge >= 0.3 is 0 Å². The summed E-state index contributed by atoms with van der Waals surface area (Å²) >= 11 is 0. The van der Waals surface area contributed by atoms with E-state index in [1.807, 2.05) is 53.4 Å². The number of carbonyl (C=O) groups excluding carboxylic acids is 1. The van der Waals surface area contributed by atoms with Crippen molar-refractivity contribution in [3.05, 3.63) is 54.1 Å². The highest BCUT2D eigenvalue weighted by molar-refractivity contribution is 6.01. The Morgan fingerprint density at radius 2 is 2.10 bits per heavy atom. The van der Waals surface area contributed by atoms with Gasteiger partial charge in [0.1, 0.15) is 5.52 Å². The molecule has 1 atom stereocenters. The van der Waals surface area contributed by atoms with Gasteiger partial charge in [0.05, 0.1) is 12.0 Å². The molecule has 0 unspecified atom stereocenters. The summed E-state index contributed by atoms with van der Waals surface area (Å²) in [6.07, 6.45) is 2.08. The molecule has 6 nitrogen and oxygen atoms in total. The minimum atomic E-state index is 0.0785. The largest absolute Gasteiger partial charge is 0.383 e. The average Bonchev–Trinajstić information content (AvgIpc) is 3.38. The van der Waals surface area contributed by atoms with Crippen LogP contribution in [0, 0.1) is 0 Å². The van der Waals surface area contributed by atoms with Crippen LogP contribution in [0.15, 0.2) is 53.1 Å². The summed E-state index contributed by atoms with van der Waals surface area (Å²) < 4.78 is 10.7. The van der Waals surface area contributed by atoms with Crippen LogP contribution in [0.1, 0.15) is 23.2 Å². The first-order valence-electron chi connectivity index (χ1n) is 10.1. The Morgan fingerprint density at radius 3 is 2.90 bits per heavy atom. The lowest BCUT2D eigenvalue weighted by Gasteiger charge is -2.28. The summed E-state index contributed by atoms with van der Waals surface area (Å²) in [5.41, 5.74) is 2.40. The summed E-state index contributed by atoms with van der Waals surface area (Å²) in [7, 11) is 3.79. The van der Waals surface area contributed by atoms with Gasteiger partial charge in [-0.2, -0.15) is 0 Å². The number of hydrogen-bond donors (Lipinski definition) is 0. The van der Waals surface area contributed by atoms with Crippen molar-refractivity contribution in [1.82, 2.24) is 15.0 Å². The topological polar surface area (TPSA) is 58.8 Å². The number of nitrogens with zero attached hydrogens (tertiary/aromatic N) is 3. The first-order chi connectivity index (χ1) is 14.2. The van der Waals surface area contributed by atoms with Gasteiger partial charge in [0.2, 0.25) is 0 Å². The van der Waals surface area contributed by atoms with Gasteiger partial charge in [0.15, 0.2) is 5.76 Å². The van der Waals surface area contributed by atoms with Gasteiger partial charge in [0.25, 0.3) is 5.91 Å². The summed E-state index contributed by atoms with van der Waals surface area (Å²) in [6, 6.07) is 15.7. The van der Waals surface area contributed by atoms with E-state index in [2.05, 4.69) is 17.1 Å². The number of rotatable bonds is 7. The molecular formula is C23H27N3O3. The van der Waals surface area contributed by atoms with Gasteiger partial charge in [-0.05, 0) is 38.1 Å². The Labute approximate surface area is 171 Å². The fourth-order valence-electron chi connectivity index (χ4n) is 4.03. The van der Waals surface area contributed by atoms with E-state index in [0.29, 0.717) is 17.9 Å². The zero-order valence-corrected chi connectivity index (χ0v) is 17.0. The molecule has 3 aromatic rings. The standard InChI is InChI=1S/C23H27N3O3/c1-25(13-14-28-2)16-19-9-6-12-26(19)23(27)18-10-11-21-20(15-18)22(29-24-21)17-7-4-3-5-8-17/h3-5,7-8,10-11,15,19H,6,9,12-14,16H2,1-2H3/t19-/m1/s1. The second-order valence-electron chi connectivity index (χ2n) is 7.66. The normalized spacial score (nSPS) is 16.8. The highest BCUT2D eigenvalue weighted by Gasteiger charge is 2.30. The van der Waals surface area contributed by atoms with E-state index < -0.39 is 0 Å². The van der Waals surface area contributed by atoms with Gasteiger partial charge in [-0.25, -0.2) is 0 Å². The van der Waals surface area contributed by atoms with Gasteiger partial charge in [-0.1, -0.05) is 35.5 Å². The Balaban J connectivity index is 1.56. The van der Waals surface area contributed by atoms with Crippen molar-refractivity contribution in [3.63, 3.8) is 0 Å². The molecule has 29 heavy (non-hydrogen) atoms. The molecule has 2 heterocycles. The second kappa shape index (κ2) is 8.76. The quantitative estimate of drug-likeness (QED) is 0.613. The maximum absolute atomic E-state index is 13.3. The predicted molar refractivity (Wildman–Crippen MR) is 113 cm³/mol. The smallest absolute Gasteiger partial charge is 0.254 e. The van der Waals surface area contributed by atoms with Crippen molar-refractivity contribution >= 4 is 16.8 Å². The molecule has 1 aromatic heterocycles. The molecule has 1 aliphatic rings. The van der Waals surface area contributed by atoms with Crippen molar-refractivity contribution < 1.29 is 14.1 Å². The van der Waals surface area contributed by atoms with E-state index in [9.17, 15) is 4.79 Å². The monoisotopic (exact) mass is 393 g/mol. The van der Waals surface area contributed by atoms with Crippen molar-refractivity contribution in [3.8, 4) is 11.3 Å². The third-order valence-electron chi connectivity index (χ3n) is 5.60. The SMILES string of the molecule is COCCN(C)C[C@H]1CCCN1C(=O)c1ccc2noc(-c3ccccc3)c2c1. The number of aromatic nitrogens is 1. The van der Waals surface area contributed by atoms with Crippen LogP contribution in [-0.2, 0) is 4.74 Å². The molecule has 1 saturated heterocycles. The van der Waals surface area contributed by atoms with Gasteiger partial charge in [-0.15, -0.1) is 0 Å². The Bertz CT molecular complexity index is 970. The minimum absolute atomic E-state index is 0.0785. The van der Waals surface area contributed by atoms with Crippen molar-refractivity contribution in [2.24, 2.45) is 0 Å². The molecule has 0 spiro atoms. The second-order valence-corrected chi connectivity index (χ2v) is 7.66. The van der Waals surface area contributed by atoms with Crippen LogP contribution in [0.5, 0.6) is 0 Å². The Hall–Kier alpha value is -2.70. The fourth-order valence-corrected chi connectivity index (χ4v) is 4.03. The third kappa shape index (κ3) is 4.18. The van der Waals surface area contributed by atoms with E-state index in [-0.39, 0.29) is 11.9 Å². The number of carbonyl (C=O) groups is 1. The average molecular weight is 393 g/mol. The van der Waals surface area contributed by atoms with Crippen molar-refractivity contribution in [1.29, 1.82) is 0 Å². The molecule has 0 radical (unpaired) electrons. The van der Waals surface area contributed by atoms with Gasteiger partial charge in [0, 0.05) is 43.9 Å². The van der Waals surface area contributed by atoms with Crippen LogP contribution in [0.2, 0.25) is 0 Å². The molecule has 1 fully saturated rings. The molecule has 2 aromatic carbocycles. The Morgan fingerprint density at radius 1 is 1.28 bits per heavy atom. The molecular weight excluding hydrogens is 366 g/mol. The molecule has 0 saturated carbocycles. The molecule has 6 heteroatoms. The number of ether oxygens (including phenoxy) is 1. The molecule has 4 rings (SSSR count). The summed E-state index contributed by atoms with van der Waals surface area (Å²) in [5.74, 6) is 0.780. The van der Waals surface area contributed by atoms with Crippen LogP contribution < -0.4 is 0 Å². The molecule has 0 bridgehead atoms. The Kier molecular flexibility index (Phi) is 5.92. The first-order valence-corrected chi connectivity index (χ1v) is 10.1. The zero-order chi connectivity index (χ0) is 20.2. The fraction of sp³-hybridized carbons (Fsp3) is 0.391. The van der Waals surface area contributed by atoms with E-state index >= 15 is 0 Å². The molecule has 1 aliphatic heterocycles. The zero-order valence-electron chi connectivity index (χ0n) is 17.0. The highest BCUT2D eigenvalue weighted by atomic mass is 16.5. The van der Waals surface area contributed by atoms with E-state index in [1.165, 1.54) is 0 Å². The lowest BCUT2D eigenvalue weighted by Crippen LogP contribution is -2.42. The van der Waals surface area contributed by atoms with E-state index in [0.717, 1.165) is 48.9 Å². The van der Waals surface area contributed by atoms with E-state index in [1.54, 1.807) is 7.11 Å². The van der Waals surface area contributed by atoms with Crippen molar-refractivity contribution in [2.45, 2.75) is 18.9 Å². The number of hydrogen-bond acceptors (Lipinski definition) is 5. The number of amides is 1. The minimum Gasteiger partial charge on any atom is -0.383 e. The lowest BCUT2D eigenvalue weighted by molar-refractivity contribution is 0.0698. The van der Waals surface area contributed by atoms with Gasteiger partial charge in [-0.3, -0.25) is 4.79 Å². The summed E-state index contributed by atoms with van der Waals surface area (Å²) in [6.45, 7) is 3.22. The third-order valence-corrected chi connectivity index (χ3v) is 5.60.